The second-order valence-corrected chi connectivity index (χ2v) is 3.98. The van der Waals surface area contributed by atoms with E-state index in [1.165, 1.54) is 0 Å². The molecule has 0 saturated carbocycles. The highest BCUT2D eigenvalue weighted by Crippen LogP contribution is 2.39. The molecule has 0 N–H and O–H groups in total. The molecule has 1 aromatic carbocycles. The Labute approximate surface area is 103 Å². The van der Waals surface area contributed by atoms with E-state index >= 15 is 0 Å². The molecule has 3 aromatic rings. The summed E-state index contributed by atoms with van der Waals surface area (Å²) in [6.07, 6.45) is 1.87. The van der Waals surface area contributed by atoms with Crippen molar-refractivity contribution in [1.29, 1.82) is 0 Å². The lowest BCUT2D eigenvalue weighted by Gasteiger charge is -2.00. The largest absolute Gasteiger partial charge is 0.454 e. The topological polar surface area (TPSA) is 48.7 Å². The molecule has 0 unspecified atom stereocenters. The number of para-hydroxylation sites is 1. The Hall–Kier alpha value is -2.56. The second-order valence-electron chi connectivity index (χ2n) is 3.98. The van der Waals surface area contributed by atoms with Crippen LogP contribution >= 0.6 is 0 Å². The molecule has 0 aliphatic carbocycles. The van der Waals surface area contributed by atoms with Crippen LogP contribution in [-0.4, -0.2) is 21.4 Å². The normalized spacial score (nSPS) is 13.1. The molecule has 18 heavy (non-hydrogen) atoms. The molecule has 0 bridgehead atoms. The maximum Gasteiger partial charge on any atom is 0.231 e. The summed E-state index contributed by atoms with van der Waals surface area (Å²) in [4.78, 5) is 4.48. The summed E-state index contributed by atoms with van der Waals surface area (Å²) in [5.74, 6) is 2.10. The molecule has 2 aromatic heterocycles. The fourth-order valence-corrected chi connectivity index (χ4v) is 2.05. The van der Waals surface area contributed by atoms with Gasteiger partial charge in [0.05, 0.1) is 5.56 Å². The van der Waals surface area contributed by atoms with Gasteiger partial charge in [-0.15, -0.1) is 5.10 Å². The minimum Gasteiger partial charge on any atom is -0.454 e. The van der Waals surface area contributed by atoms with Gasteiger partial charge < -0.3 is 9.47 Å². The predicted octanol–water partition coefficient (Wildman–Crippen LogP) is 2.13. The van der Waals surface area contributed by atoms with Gasteiger partial charge in [-0.3, -0.25) is 0 Å². The number of ether oxygens (including phenoxy) is 2. The summed E-state index contributed by atoms with van der Waals surface area (Å²) in [7, 11) is 0. The Balaban J connectivity index is 1.95. The first-order valence-corrected chi connectivity index (χ1v) is 5.62. The van der Waals surface area contributed by atoms with E-state index in [0.29, 0.717) is 11.6 Å². The van der Waals surface area contributed by atoms with Crippen LogP contribution in [0.2, 0.25) is 0 Å². The van der Waals surface area contributed by atoms with Crippen LogP contribution in [0.1, 0.15) is 0 Å². The third-order valence-corrected chi connectivity index (χ3v) is 2.88. The van der Waals surface area contributed by atoms with Crippen molar-refractivity contribution in [2.75, 3.05) is 6.79 Å². The molecule has 5 heteroatoms. The van der Waals surface area contributed by atoms with Crippen LogP contribution in [0.5, 0.6) is 11.5 Å². The number of hydrogen-bond donors (Lipinski definition) is 0. The number of benzene rings is 1. The number of hydrogen-bond acceptors (Lipinski definition) is 4. The molecule has 0 fully saturated rings. The van der Waals surface area contributed by atoms with Crippen LogP contribution in [0.15, 0.2) is 42.6 Å². The van der Waals surface area contributed by atoms with Crippen LogP contribution in [0.4, 0.5) is 0 Å². The third-order valence-electron chi connectivity index (χ3n) is 2.88. The van der Waals surface area contributed by atoms with Gasteiger partial charge in [0.25, 0.3) is 0 Å². The van der Waals surface area contributed by atoms with Crippen molar-refractivity contribution in [2.24, 2.45) is 0 Å². The molecule has 5 nitrogen and oxygen atoms in total. The van der Waals surface area contributed by atoms with Gasteiger partial charge in [-0.2, -0.15) is 0 Å². The molecule has 88 valence electrons. The second kappa shape index (κ2) is 3.46. The molecule has 1 aliphatic rings. The SMILES string of the molecule is c1cc2c(c(-c3nc4ccccn4n3)c1)OCO2. The molecule has 0 spiro atoms. The molecule has 3 heterocycles. The Morgan fingerprint density at radius 2 is 2.06 bits per heavy atom. The number of aromatic nitrogens is 3. The monoisotopic (exact) mass is 239 g/mol. The molecule has 0 amide bonds. The van der Waals surface area contributed by atoms with Gasteiger partial charge in [-0.25, -0.2) is 9.50 Å². The van der Waals surface area contributed by atoms with Gasteiger partial charge in [0, 0.05) is 6.20 Å². The average Bonchev–Trinajstić information content (AvgIpc) is 3.04. The Morgan fingerprint density at radius 3 is 3.00 bits per heavy atom. The lowest BCUT2D eigenvalue weighted by atomic mass is 10.2. The lowest BCUT2D eigenvalue weighted by molar-refractivity contribution is 0.174. The van der Waals surface area contributed by atoms with E-state index in [2.05, 4.69) is 10.1 Å². The zero-order chi connectivity index (χ0) is 11.9. The summed E-state index contributed by atoms with van der Waals surface area (Å²) in [6.45, 7) is 0.250. The average molecular weight is 239 g/mol. The van der Waals surface area contributed by atoms with Gasteiger partial charge in [-0.05, 0) is 24.3 Å². The van der Waals surface area contributed by atoms with E-state index in [9.17, 15) is 0 Å². The van der Waals surface area contributed by atoms with Gasteiger partial charge >= 0.3 is 0 Å². The molecule has 0 radical (unpaired) electrons. The minimum absolute atomic E-state index is 0.250. The first-order chi connectivity index (χ1) is 8.92. The lowest BCUT2D eigenvalue weighted by Crippen LogP contribution is -1.94. The summed E-state index contributed by atoms with van der Waals surface area (Å²) < 4.78 is 12.6. The summed E-state index contributed by atoms with van der Waals surface area (Å²) in [5, 5.41) is 4.43. The van der Waals surface area contributed by atoms with Crippen molar-refractivity contribution in [3.63, 3.8) is 0 Å². The Morgan fingerprint density at radius 1 is 1.06 bits per heavy atom. The first-order valence-electron chi connectivity index (χ1n) is 5.62. The third kappa shape index (κ3) is 1.27. The zero-order valence-corrected chi connectivity index (χ0v) is 9.41. The number of rotatable bonds is 1. The number of nitrogens with zero attached hydrogens (tertiary/aromatic N) is 3. The number of pyridine rings is 1. The van der Waals surface area contributed by atoms with E-state index in [1.807, 2.05) is 42.6 Å². The molecule has 0 saturated heterocycles. The van der Waals surface area contributed by atoms with Crippen molar-refractivity contribution in [2.45, 2.75) is 0 Å². The maximum atomic E-state index is 5.47. The molecule has 1 aliphatic heterocycles. The summed E-state index contributed by atoms with van der Waals surface area (Å²) >= 11 is 0. The molecular formula is C13H9N3O2. The quantitative estimate of drug-likeness (QED) is 0.652. The van der Waals surface area contributed by atoms with E-state index < -0.39 is 0 Å². The Bertz CT molecular complexity index is 703. The highest BCUT2D eigenvalue weighted by molar-refractivity contribution is 5.70. The molecule has 0 atom stereocenters. The van der Waals surface area contributed by atoms with Crippen molar-refractivity contribution >= 4 is 5.65 Å². The van der Waals surface area contributed by atoms with E-state index in [-0.39, 0.29) is 6.79 Å². The summed E-state index contributed by atoms with van der Waals surface area (Å²) in [6, 6.07) is 11.5. The van der Waals surface area contributed by atoms with Crippen molar-refractivity contribution in [3.05, 3.63) is 42.6 Å². The van der Waals surface area contributed by atoms with Crippen LogP contribution in [0.25, 0.3) is 17.0 Å². The zero-order valence-electron chi connectivity index (χ0n) is 9.41. The standard InChI is InChI=1S/C13H9N3O2/c1-2-7-16-11(6-1)14-13(15-16)9-4-3-5-10-12(9)18-8-17-10/h1-7H,8H2. The molecule has 4 rings (SSSR count). The van der Waals surface area contributed by atoms with Crippen LogP contribution in [-0.2, 0) is 0 Å². The summed E-state index contributed by atoms with van der Waals surface area (Å²) in [5.41, 5.74) is 1.66. The smallest absolute Gasteiger partial charge is 0.231 e. The number of fused-ring (bicyclic) bond motifs is 2. The van der Waals surface area contributed by atoms with Gasteiger partial charge in [0.1, 0.15) is 0 Å². The minimum atomic E-state index is 0.250. The van der Waals surface area contributed by atoms with Crippen molar-refractivity contribution in [1.82, 2.24) is 14.6 Å². The van der Waals surface area contributed by atoms with Crippen molar-refractivity contribution in [3.8, 4) is 22.9 Å². The Kier molecular flexibility index (Phi) is 1.82. The van der Waals surface area contributed by atoms with E-state index in [0.717, 1.165) is 17.0 Å². The highest BCUT2D eigenvalue weighted by atomic mass is 16.7. The maximum absolute atomic E-state index is 5.47. The van der Waals surface area contributed by atoms with Crippen LogP contribution < -0.4 is 9.47 Å². The fourth-order valence-electron chi connectivity index (χ4n) is 2.05. The van der Waals surface area contributed by atoms with Crippen molar-refractivity contribution < 1.29 is 9.47 Å². The van der Waals surface area contributed by atoms with Crippen LogP contribution in [0.3, 0.4) is 0 Å². The van der Waals surface area contributed by atoms with Crippen LogP contribution in [0, 0.1) is 0 Å². The van der Waals surface area contributed by atoms with E-state index in [1.54, 1.807) is 4.52 Å². The van der Waals surface area contributed by atoms with Gasteiger partial charge in [0.2, 0.25) is 6.79 Å². The predicted molar refractivity (Wildman–Crippen MR) is 64.5 cm³/mol. The first kappa shape index (κ1) is 9.47. The van der Waals surface area contributed by atoms with Gasteiger partial charge in [-0.1, -0.05) is 12.1 Å². The van der Waals surface area contributed by atoms with E-state index in [4.69, 9.17) is 9.47 Å². The highest BCUT2D eigenvalue weighted by Gasteiger charge is 2.20. The molecular weight excluding hydrogens is 230 g/mol. The fraction of sp³-hybridized carbons (Fsp3) is 0.0769. The van der Waals surface area contributed by atoms with Gasteiger partial charge in [0.15, 0.2) is 23.0 Å².